The summed E-state index contributed by atoms with van der Waals surface area (Å²) in [5, 5.41) is 20.0. The van der Waals surface area contributed by atoms with E-state index in [0.29, 0.717) is 29.7 Å². The summed E-state index contributed by atoms with van der Waals surface area (Å²) in [6, 6.07) is 12.6. The van der Waals surface area contributed by atoms with Crippen molar-refractivity contribution in [3.05, 3.63) is 74.5 Å². The lowest BCUT2D eigenvalue weighted by molar-refractivity contribution is -0.384. The Morgan fingerprint density at radius 2 is 1.84 bits per heavy atom. The maximum Gasteiger partial charge on any atom is 0.269 e. The number of rotatable bonds is 7. The number of benzene rings is 2. The summed E-state index contributed by atoms with van der Waals surface area (Å²) in [6.07, 6.45) is 1.42. The summed E-state index contributed by atoms with van der Waals surface area (Å²) >= 11 is 4.78. The Balaban J connectivity index is 1.51. The molecule has 1 atom stereocenters. The van der Waals surface area contributed by atoms with Crippen molar-refractivity contribution in [2.45, 2.75) is 34.7 Å². The van der Waals surface area contributed by atoms with Crippen LogP contribution in [0.5, 0.6) is 0 Å². The Labute approximate surface area is 198 Å². The van der Waals surface area contributed by atoms with Gasteiger partial charge in [0.2, 0.25) is 10.0 Å². The minimum absolute atomic E-state index is 0.0491. The Morgan fingerprint density at radius 1 is 1.16 bits per heavy atom. The maximum atomic E-state index is 13.2. The van der Waals surface area contributed by atoms with Gasteiger partial charge in [0.25, 0.3) is 5.69 Å². The van der Waals surface area contributed by atoms with E-state index in [9.17, 15) is 18.5 Å². The summed E-state index contributed by atoms with van der Waals surface area (Å²) < 4.78 is 30.6. The van der Waals surface area contributed by atoms with Crippen molar-refractivity contribution >= 4 is 43.4 Å². The Kier molecular flexibility index (Phi) is 6.65. The fraction of sp³-hybridized carbons (Fsp3) is 0.300. The van der Waals surface area contributed by atoms with Crippen molar-refractivity contribution in [1.29, 1.82) is 0 Å². The van der Waals surface area contributed by atoms with E-state index < -0.39 is 14.9 Å². The molecule has 168 valence electrons. The van der Waals surface area contributed by atoms with Crippen molar-refractivity contribution < 1.29 is 13.3 Å². The lowest BCUT2D eigenvalue weighted by atomic mass is 10.2. The molecule has 3 aromatic rings. The van der Waals surface area contributed by atoms with E-state index in [1.807, 2.05) is 11.6 Å². The average molecular weight is 538 g/mol. The predicted octanol–water partition coefficient (Wildman–Crippen LogP) is 4.30. The molecular formula is C20H20BrN5O4S2. The number of halogens is 1. The molecule has 0 saturated carbocycles. The zero-order chi connectivity index (χ0) is 22.9. The second-order valence-corrected chi connectivity index (χ2v) is 11.1. The van der Waals surface area contributed by atoms with E-state index in [1.165, 1.54) is 28.2 Å². The highest BCUT2D eigenvalue weighted by atomic mass is 79.9. The fourth-order valence-electron chi connectivity index (χ4n) is 3.63. The van der Waals surface area contributed by atoms with Gasteiger partial charge in [0.1, 0.15) is 0 Å². The third-order valence-corrected chi connectivity index (χ3v) is 8.85. The highest BCUT2D eigenvalue weighted by Crippen LogP contribution is 2.37. The third-order valence-electron chi connectivity index (χ3n) is 5.31. The number of nitro groups is 1. The molecule has 1 saturated heterocycles. The van der Waals surface area contributed by atoms with Crippen molar-refractivity contribution in [2.24, 2.45) is 7.05 Å². The molecule has 0 spiro atoms. The van der Waals surface area contributed by atoms with Gasteiger partial charge in [-0.25, -0.2) is 8.42 Å². The highest BCUT2D eigenvalue weighted by Gasteiger charge is 2.39. The summed E-state index contributed by atoms with van der Waals surface area (Å²) in [6.45, 7) is 0.432. The van der Waals surface area contributed by atoms with E-state index in [0.717, 1.165) is 16.5 Å². The molecule has 2 heterocycles. The van der Waals surface area contributed by atoms with Gasteiger partial charge in [-0.3, -0.25) is 10.1 Å². The van der Waals surface area contributed by atoms with E-state index in [2.05, 4.69) is 26.1 Å². The second kappa shape index (κ2) is 9.30. The van der Waals surface area contributed by atoms with Crippen LogP contribution in [0.15, 0.2) is 63.1 Å². The van der Waals surface area contributed by atoms with Crippen LogP contribution in [0.3, 0.4) is 0 Å². The number of hydrogen-bond donors (Lipinski definition) is 0. The van der Waals surface area contributed by atoms with E-state index in [-0.39, 0.29) is 16.6 Å². The summed E-state index contributed by atoms with van der Waals surface area (Å²) in [5.41, 5.74) is 0.971. The van der Waals surface area contributed by atoms with Crippen LogP contribution in [0, 0.1) is 10.1 Å². The SMILES string of the molecule is Cn1c(SCc2ccc([N+](=O)[O-])cc2)nnc1[C@H]1CCCN1S(=O)(=O)c1ccc(Br)cc1. The normalized spacial score (nSPS) is 17.0. The molecule has 0 aliphatic carbocycles. The first-order valence-corrected chi connectivity index (χ1v) is 13.0. The van der Waals surface area contributed by atoms with Crippen LogP contribution < -0.4 is 0 Å². The number of hydrogen-bond acceptors (Lipinski definition) is 7. The van der Waals surface area contributed by atoms with E-state index in [1.54, 1.807) is 36.4 Å². The van der Waals surface area contributed by atoms with Gasteiger partial charge in [-0.05, 0) is 42.7 Å². The van der Waals surface area contributed by atoms with Gasteiger partial charge in [0, 0.05) is 36.0 Å². The monoisotopic (exact) mass is 537 g/mol. The smallest absolute Gasteiger partial charge is 0.269 e. The third kappa shape index (κ3) is 4.58. The average Bonchev–Trinajstić information content (AvgIpc) is 3.40. The molecular weight excluding hydrogens is 518 g/mol. The molecule has 1 fully saturated rings. The zero-order valence-corrected chi connectivity index (χ0v) is 20.3. The number of nitrogens with zero attached hydrogens (tertiary/aromatic N) is 5. The lowest BCUT2D eigenvalue weighted by Crippen LogP contribution is -2.32. The predicted molar refractivity (Wildman–Crippen MR) is 124 cm³/mol. The van der Waals surface area contributed by atoms with Crippen molar-refractivity contribution in [3.63, 3.8) is 0 Å². The maximum absolute atomic E-state index is 13.2. The van der Waals surface area contributed by atoms with Gasteiger partial charge in [0.05, 0.1) is 15.9 Å². The Morgan fingerprint density at radius 3 is 2.50 bits per heavy atom. The van der Waals surface area contributed by atoms with Crippen LogP contribution in [-0.2, 0) is 22.8 Å². The Hall–Kier alpha value is -2.28. The molecule has 1 aliphatic rings. The van der Waals surface area contributed by atoms with E-state index in [4.69, 9.17) is 0 Å². The first-order chi connectivity index (χ1) is 15.3. The number of sulfonamides is 1. The molecule has 9 nitrogen and oxygen atoms in total. The molecule has 32 heavy (non-hydrogen) atoms. The number of nitro benzene ring substituents is 1. The van der Waals surface area contributed by atoms with Crippen LogP contribution in [0.2, 0.25) is 0 Å². The molecule has 0 bridgehead atoms. The summed E-state index contributed by atoms with van der Waals surface area (Å²) in [5.74, 6) is 1.17. The fourth-order valence-corrected chi connectivity index (χ4v) is 6.42. The molecule has 1 aliphatic heterocycles. The number of non-ortho nitro benzene ring substituents is 1. The largest absolute Gasteiger partial charge is 0.308 e. The minimum Gasteiger partial charge on any atom is -0.308 e. The van der Waals surface area contributed by atoms with Gasteiger partial charge in [-0.15, -0.1) is 10.2 Å². The molecule has 0 N–H and O–H groups in total. The van der Waals surface area contributed by atoms with Gasteiger partial charge in [-0.1, -0.05) is 39.8 Å². The second-order valence-electron chi connectivity index (χ2n) is 7.34. The lowest BCUT2D eigenvalue weighted by Gasteiger charge is -2.23. The molecule has 0 radical (unpaired) electrons. The first kappa shape index (κ1) is 22.9. The van der Waals surface area contributed by atoms with Crippen LogP contribution in [0.4, 0.5) is 5.69 Å². The molecule has 0 amide bonds. The van der Waals surface area contributed by atoms with Crippen LogP contribution in [-0.4, -0.2) is 39.0 Å². The molecule has 12 heteroatoms. The highest BCUT2D eigenvalue weighted by molar-refractivity contribution is 9.10. The van der Waals surface area contributed by atoms with Gasteiger partial charge >= 0.3 is 0 Å². The van der Waals surface area contributed by atoms with Crippen LogP contribution in [0.25, 0.3) is 0 Å². The topological polar surface area (TPSA) is 111 Å². The van der Waals surface area contributed by atoms with Gasteiger partial charge in [0.15, 0.2) is 11.0 Å². The number of thioether (sulfide) groups is 1. The summed E-state index contributed by atoms with van der Waals surface area (Å²) in [7, 11) is -1.83. The van der Waals surface area contributed by atoms with Crippen molar-refractivity contribution in [3.8, 4) is 0 Å². The first-order valence-electron chi connectivity index (χ1n) is 9.80. The van der Waals surface area contributed by atoms with Crippen LogP contribution in [0.1, 0.15) is 30.3 Å². The zero-order valence-electron chi connectivity index (χ0n) is 17.1. The number of aromatic nitrogens is 3. The molecule has 0 unspecified atom stereocenters. The van der Waals surface area contributed by atoms with Gasteiger partial charge in [-0.2, -0.15) is 4.31 Å². The molecule has 2 aromatic carbocycles. The Bertz CT molecular complexity index is 1230. The van der Waals surface area contributed by atoms with Crippen molar-refractivity contribution in [1.82, 2.24) is 19.1 Å². The molecule has 4 rings (SSSR count). The van der Waals surface area contributed by atoms with Crippen LogP contribution >= 0.6 is 27.7 Å². The quantitative estimate of drug-likeness (QED) is 0.251. The van der Waals surface area contributed by atoms with Crippen molar-refractivity contribution in [2.75, 3.05) is 6.54 Å². The standard InChI is InChI=1S/C20H20BrN5O4S2/c1-24-19(22-23-20(24)31-13-14-4-8-16(9-5-14)26(27)28)18-3-2-12-25(18)32(29,30)17-10-6-15(21)7-11-17/h4-11,18H,2-3,12-13H2,1H3/t18-/m1/s1. The minimum atomic E-state index is -3.66. The van der Waals surface area contributed by atoms with E-state index >= 15 is 0 Å². The molecule has 1 aromatic heterocycles. The summed E-state index contributed by atoms with van der Waals surface area (Å²) in [4.78, 5) is 10.6. The van der Waals surface area contributed by atoms with Gasteiger partial charge < -0.3 is 4.57 Å².